The summed E-state index contributed by atoms with van der Waals surface area (Å²) in [6, 6.07) is 6.19. The first-order valence-corrected chi connectivity index (χ1v) is 10.3. The lowest BCUT2D eigenvalue weighted by molar-refractivity contribution is -0.134. The molecule has 2 heterocycles. The molecule has 0 bridgehead atoms. The molecule has 29 heavy (non-hydrogen) atoms. The Morgan fingerprint density at radius 2 is 1.86 bits per heavy atom. The zero-order valence-electron chi connectivity index (χ0n) is 16.5. The molecular weight excluding hydrogens is 402 g/mol. The van der Waals surface area contributed by atoms with Crippen LogP contribution >= 0.6 is 0 Å². The van der Waals surface area contributed by atoms with E-state index in [0.29, 0.717) is 11.5 Å². The Kier molecular flexibility index (Phi) is 6.28. The van der Waals surface area contributed by atoms with Gasteiger partial charge in [0.1, 0.15) is 22.2 Å². The van der Waals surface area contributed by atoms with E-state index in [1.165, 1.54) is 24.6 Å². The molecule has 2 aromatic rings. The zero-order valence-corrected chi connectivity index (χ0v) is 17.3. The average molecular weight is 425 g/mol. The van der Waals surface area contributed by atoms with Crippen LogP contribution in [0.2, 0.25) is 0 Å². The second-order valence-electron chi connectivity index (χ2n) is 6.37. The number of carbonyl (C=O) groups excluding carboxylic acids is 1. The molecule has 10 nitrogen and oxygen atoms in total. The number of aryl methyl sites for hydroxylation is 1. The molecule has 0 saturated carbocycles. The third kappa shape index (κ3) is 4.62. The van der Waals surface area contributed by atoms with Crippen molar-refractivity contribution in [2.24, 2.45) is 0 Å². The molecule has 0 atom stereocenters. The van der Waals surface area contributed by atoms with E-state index in [0.717, 1.165) is 0 Å². The molecule has 0 unspecified atom stereocenters. The lowest BCUT2D eigenvalue weighted by atomic mass is 10.3. The zero-order chi connectivity index (χ0) is 21.0. The van der Waals surface area contributed by atoms with Crippen molar-refractivity contribution in [1.82, 2.24) is 14.4 Å². The van der Waals surface area contributed by atoms with Gasteiger partial charge in [0.15, 0.2) is 6.61 Å². The number of hydrogen-bond acceptors (Lipinski definition) is 8. The predicted octanol–water partition coefficient (Wildman–Crippen LogP) is 0.912. The minimum Gasteiger partial charge on any atom is -0.497 e. The fourth-order valence-electron chi connectivity index (χ4n) is 2.94. The van der Waals surface area contributed by atoms with E-state index < -0.39 is 10.0 Å². The summed E-state index contributed by atoms with van der Waals surface area (Å²) in [4.78, 5) is 13.9. The first-order valence-electron chi connectivity index (χ1n) is 8.91. The van der Waals surface area contributed by atoms with E-state index in [-0.39, 0.29) is 55.2 Å². The SMILES string of the molecule is COc1ccc(OC)c(S(=O)(=O)N2CCN(C(=O)COc3cc(C)on3)CC2)c1. The number of benzene rings is 1. The molecule has 1 saturated heterocycles. The highest BCUT2D eigenvalue weighted by atomic mass is 32.2. The van der Waals surface area contributed by atoms with E-state index >= 15 is 0 Å². The van der Waals surface area contributed by atoms with Gasteiger partial charge in [-0.25, -0.2) is 8.42 Å². The van der Waals surface area contributed by atoms with Crippen molar-refractivity contribution in [3.05, 3.63) is 30.0 Å². The summed E-state index contributed by atoms with van der Waals surface area (Å²) in [5.74, 6) is 1.22. The highest BCUT2D eigenvalue weighted by molar-refractivity contribution is 7.89. The van der Waals surface area contributed by atoms with Gasteiger partial charge < -0.3 is 23.6 Å². The molecule has 1 aliphatic heterocycles. The molecule has 11 heteroatoms. The van der Waals surface area contributed by atoms with E-state index in [1.54, 1.807) is 30.0 Å². The maximum atomic E-state index is 13.1. The second-order valence-corrected chi connectivity index (χ2v) is 8.27. The summed E-state index contributed by atoms with van der Waals surface area (Å²) in [5, 5.41) is 3.66. The highest BCUT2D eigenvalue weighted by Gasteiger charge is 2.32. The Bertz CT molecular complexity index is 966. The first kappa shape index (κ1) is 20.9. The highest BCUT2D eigenvalue weighted by Crippen LogP contribution is 2.31. The largest absolute Gasteiger partial charge is 0.497 e. The number of piperazine rings is 1. The van der Waals surface area contributed by atoms with Crippen molar-refractivity contribution < 1.29 is 31.9 Å². The van der Waals surface area contributed by atoms with Crippen molar-refractivity contribution >= 4 is 15.9 Å². The Morgan fingerprint density at radius 1 is 1.14 bits per heavy atom. The Labute approximate surface area is 169 Å². The second kappa shape index (κ2) is 8.70. The smallest absolute Gasteiger partial charge is 0.260 e. The van der Waals surface area contributed by atoms with Gasteiger partial charge in [-0.3, -0.25) is 4.79 Å². The molecule has 0 spiro atoms. The Balaban J connectivity index is 1.63. The normalized spacial score (nSPS) is 15.2. The number of methoxy groups -OCH3 is 2. The van der Waals surface area contributed by atoms with Crippen molar-refractivity contribution in [3.63, 3.8) is 0 Å². The third-order valence-electron chi connectivity index (χ3n) is 4.53. The van der Waals surface area contributed by atoms with Gasteiger partial charge in [-0.2, -0.15) is 4.31 Å². The number of aromatic nitrogens is 1. The van der Waals surface area contributed by atoms with Gasteiger partial charge in [0, 0.05) is 38.3 Å². The Morgan fingerprint density at radius 3 is 2.45 bits per heavy atom. The monoisotopic (exact) mass is 425 g/mol. The standard InChI is InChI=1S/C18H23N3O7S/c1-13-10-17(19-28-13)27-12-18(22)20-6-8-21(9-7-20)29(23,24)16-11-14(25-2)4-5-15(16)26-3/h4-5,10-11H,6-9,12H2,1-3H3. The molecule has 1 fully saturated rings. The molecule has 3 rings (SSSR count). The van der Waals surface area contributed by atoms with Crippen LogP contribution in [0, 0.1) is 6.92 Å². The average Bonchev–Trinajstić information content (AvgIpc) is 3.16. The van der Waals surface area contributed by atoms with Gasteiger partial charge in [-0.1, -0.05) is 0 Å². The number of nitrogens with zero attached hydrogens (tertiary/aromatic N) is 3. The van der Waals surface area contributed by atoms with Crippen LogP contribution in [0.4, 0.5) is 0 Å². The first-order chi connectivity index (χ1) is 13.8. The van der Waals surface area contributed by atoms with E-state index in [4.69, 9.17) is 18.7 Å². The quantitative estimate of drug-likeness (QED) is 0.644. The summed E-state index contributed by atoms with van der Waals surface area (Å²) in [6.07, 6.45) is 0. The molecule has 0 N–H and O–H groups in total. The lowest BCUT2D eigenvalue weighted by Crippen LogP contribution is -2.51. The van der Waals surface area contributed by atoms with E-state index in [2.05, 4.69) is 5.16 Å². The minimum absolute atomic E-state index is 0.0314. The fourth-order valence-corrected chi connectivity index (χ4v) is 4.53. The molecule has 0 aliphatic carbocycles. The van der Waals surface area contributed by atoms with E-state index in [9.17, 15) is 13.2 Å². The molecule has 1 aromatic heterocycles. The van der Waals surface area contributed by atoms with Crippen LogP contribution in [0.25, 0.3) is 0 Å². The predicted molar refractivity (Wildman–Crippen MR) is 102 cm³/mol. The van der Waals surface area contributed by atoms with E-state index in [1.807, 2.05) is 0 Å². The van der Waals surface area contributed by atoms with Crippen LogP contribution < -0.4 is 14.2 Å². The van der Waals surface area contributed by atoms with Gasteiger partial charge in [-0.15, -0.1) is 0 Å². The van der Waals surface area contributed by atoms with Gasteiger partial charge >= 0.3 is 0 Å². The maximum Gasteiger partial charge on any atom is 0.260 e. The number of rotatable bonds is 7. The molecule has 1 amide bonds. The lowest BCUT2D eigenvalue weighted by Gasteiger charge is -2.34. The number of ether oxygens (including phenoxy) is 3. The van der Waals surface area contributed by atoms with Crippen LogP contribution in [-0.2, 0) is 14.8 Å². The summed E-state index contributed by atoms with van der Waals surface area (Å²) in [7, 11) is -0.928. The molecule has 1 aliphatic rings. The van der Waals surface area contributed by atoms with Gasteiger partial charge in [0.2, 0.25) is 10.0 Å². The molecular formula is C18H23N3O7S. The van der Waals surface area contributed by atoms with Crippen LogP contribution in [0.3, 0.4) is 0 Å². The summed E-state index contributed by atoms with van der Waals surface area (Å²) in [6.45, 7) is 2.37. The van der Waals surface area contributed by atoms with Crippen molar-refractivity contribution in [3.8, 4) is 17.4 Å². The topological polar surface area (TPSA) is 111 Å². The molecule has 158 valence electrons. The molecule has 1 aromatic carbocycles. The molecule has 0 radical (unpaired) electrons. The number of amides is 1. The van der Waals surface area contributed by atoms with Crippen LogP contribution in [0.5, 0.6) is 17.4 Å². The van der Waals surface area contributed by atoms with Crippen LogP contribution in [0.1, 0.15) is 5.76 Å². The summed E-state index contributed by atoms with van der Waals surface area (Å²) >= 11 is 0. The van der Waals surface area contributed by atoms with Crippen molar-refractivity contribution in [2.45, 2.75) is 11.8 Å². The minimum atomic E-state index is -3.80. The Hall–Kier alpha value is -2.79. The van der Waals surface area contributed by atoms with Gasteiger partial charge in [0.05, 0.1) is 14.2 Å². The number of sulfonamides is 1. The van der Waals surface area contributed by atoms with Gasteiger partial charge in [-0.05, 0) is 24.2 Å². The summed E-state index contributed by atoms with van der Waals surface area (Å²) in [5.41, 5.74) is 0. The van der Waals surface area contributed by atoms with Crippen molar-refractivity contribution in [1.29, 1.82) is 0 Å². The van der Waals surface area contributed by atoms with Crippen LogP contribution in [0.15, 0.2) is 33.7 Å². The van der Waals surface area contributed by atoms with Gasteiger partial charge in [0.25, 0.3) is 11.8 Å². The van der Waals surface area contributed by atoms with Crippen LogP contribution in [-0.4, -0.2) is 75.7 Å². The fraction of sp³-hybridized carbons (Fsp3) is 0.444. The summed E-state index contributed by atoms with van der Waals surface area (Å²) < 4.78 is 48.0. The maximum absolute atomic E-state index is 13.1. The third-order valence-corrected chi connectivity index (χ3v) is 6.45. The number of carbonyl (C=O) groups is 1. The number of hydrogen-bond donors (Lipinski definition) is 0. The van der Waals surface area contributed by atoms with Crippen molar-refractivity contribution in [2.75, 3.05) is 47.0 Å².